The summed E-state index contributed by atoms with van der Waals surface area (Å²) in [6.07, 6.45) is 0.526. The van der Waals surface area contributed by atoms with E-state index in [0.717, 1.165) is 5.56 Å². The Bertz CT molecular complexity index is 501. The number of benzene rings is 1. The van der Waals surface area contributed by atoms with Gasteiger partial charge in [-0.1, -0.05) is 12.1 Å². The van der Waals surface area contributed by atoms with Crippen molar-refractivity contribution in [1.29, 1.82) is 0 Å². The lowest BCUT2D eigenvalue weighted by Crippen LogP contribution is -2.29. The zero-order valence-electron chi connectivity index (χ0n) is 8.99. The summed E-state index contributed by atoms with van der Waals surface area (Å²) in [5.41, 5.74) is 3.46. The standard InChI is InChI=1S/C12H12ClFN2O/c13-12-5-4-11(17-12)10(16-15)7-8-2-1-3-9(14)6-8/h1-6,10,16H,7,15H2. The summed E-state index contributed by atoms with van der Waals surface area (Å²) in [6.45, 7) is 0. The highest BCUT2D eigenvalue weighted by Gasteiger charge is 2.14. The van der Waals surface area contributed by atoms with E-state index in [1.165, 1.54) is 12.1 Å². The molecule has 17 heavy (non-hydrogen) atoms. The minimum absolute atomic E-state index is 0.232. The van der Waals surface area contributed by atoms with E-state index in [9.17, 15) is 4.39 Å². The molecule has 2 aromatic rings. The van der Waals surface area contributed by atoms with Crippen molar-refractivity contribution in [2.45, 2.75) is 12.5 Å². The summed E-state index contributed by atoms with van der Waals surface area (Å²) in [4.78, 5) is 0. The molecule has 0 bridgehead atoms. The Labute approximate surface area is 103 Å². The van der Waals surface area contributed by atoms with Gasteiger partial charge in [-0.05, 0) is 47.9 Å². The van der Waals surface area contributed by atoms with Gasteiger partial charge < -0.3 is 4.42 Å². The predicted molar refractivity (Wildman–Crippen MR) is 63.9 cm³/mol. The third-order valence-electron chi connectivity index (χ3n) is 2.47. The van der Waals surface area contributed by atoms with Gasteiger partial charge in [-0.3, -0.25) is 5.84 Å². The number of hydrogen-bond acceptors (Lipinski definition) is 3. The number of halogens is 2. The van der Waals surface area contributed by atoms with Crippen LogP contribution in [-0.2, 0) is 6.42 Å². The molecule has 3 N–H and O–H groups in total. The first-order valence-corrected chi connectivity index (χ1v) is 5.52. The number of furan rings is 1. The third-order valence-corrected chi connectivity index (χ3v) is 2.67. The van der Waals surface area contributed by atoms with E-state index in [4.69, 9.17) is 21.9 Å². The van der Waals surface area contributed by atoms with E-state index in [-0.39, 0.29) is 11.9 Å². The molecule has 2 rings (SSSR count). The molecule has 0 amide bonds. The maximum absolute atomic E-state index is 13.0. The SMILES string of the molecule is NNC(Cc1cccc(F)c1)c1ccc(Cl)o1. The second-order valence-electron chi connectivity index (χ2n) is 3.70. The maximum Gasteiger partial charge on any atom is 0.193 e. The first-order chi connectivity index (χ1) is 8.19. The average Bonchev–Trinajstić information content (AvgIpc) is 2.73. The molecule has 0 aliphatic rings. The molecule has 0 saturated heterocycles. The quantitative estimate of drug-likeness (QED) is 0.652. The Morgan fingerprint density at radius 2 is 2.18 bits per heavy atom. The third kappa shape index (κ3) is 3.06. The molecular weight excluding hydrogens is 243 g/mol. The molecule has 0 saturated carbocycles. The number of nitrogens with two attached hydrogens (primary N) is 1. The van der Waals surface area contributed by atoms with Gasteiger partial charge in [-0.2, -0.15) is 0 Å². The first kappa shape index (κ1) is 12.1. The fourth-order valence-electron chi connectivity index (χ4n) is 1.66. The van der Waals surface area contributed by atoms with Crippen molar-refractivity contribution in [3.05, 3.63) is 58.8 Å². The summed E-state index contributed by atoms with van der Waals surface area (Å²) >= 11 is 5.69. The van der Waals surface area contributed by atoms with Crippen LogP contribution in [0.2, 0.25) is 5.22 Å². The van der Waals surface area contributed by atoms with Crippen LogP contribution in [0.25, 0.3) is 0 Å². The van der Waals surface area contributed by atoms with Gasteiger partial charge in [-0.15, -0.1) is 0 Å². The van der Waals surface area contributed by atoms with Gasteiger partial charge in [0, 0.05) is 0 Å². The Kier molecular flexibility index (Phi) is 3.78. The Morgan fingerprint density at radius 3 is 2.76 bits per heavy atom. The fraction of sp³-hybridized carbons (Fsp3) is 0.167. The lowest BCUT2D eigenvalue weighted by atomic mass is 10.0. The molecule has 1 aromatic carbocycles. The van der Waals surface area contributed by atoms with E-state index < -0.39 is 0 Å². The summed E-state index contributed by atoms with van der Waals surface area (Å²) in [5, 5.41) is 0.305. The summed E-state index contributed by atoms with van der Waals surface area (Å²) in [6, 6.07) is 9.52. The van der Waals surface area contributed by atoms with Crippen LogP contribution < -0.4 is 11.3 Å². The molecule has 1 unspecified atom stereocenters. The Morgan fingerprint density at radius 1 is 1.35 bits per heavy atom. The van der Waals surface area contributed by atoms with E-state index in [0.29, 0.717) is 17.4 Å². The molecule has 0 radical (unpaired) electrons. The van der Waals surface area contributed by atoms with Gasteiger partial charge in [0.15, 0.2) is 5.22 Å². The molecule has 0 fully saturated rings. The van der Waals surface area contributed by atoms with Crippen molar-refractivity contribution >= 4 is 11.6 Å². The van der Waals surface area contributed by atoms with Gasteiger partial charge in [0.25, 0.3) is 0 Å². The van der Waals surface area contributed by atoms with Gasteiger partial charge in [-0.25, -0.2) is 9.82 Å². The zero-order chi connectivity index (χ0) is 12.3. The number of rotatable bonds is 4. The van der Waals surface area contributed by atoms with Crippen LogP contribution in [0.5, 0.6) is 0 Å². The van der Waals surface area contributed by atoms with Crippen molar-refractivity contribution < 1.29 is 8.81 Å². The van der Waals surface area contributed by atoms with E-state index in [1.54, 1.807) is 18.2 Å². The van der Waals surface area contributed by atoms with Crippen molar-refractivity contribution in [1.82, 2.24) is 5.43 Å². The number of hydrazine groups is 1. The van der Waals surface area contributed by atoms with Crippen LogP contribution >= 0.6 is 11.6 Å². The highest BCUT2D eigenvalue weighted by Crippen LogP contribution is 2.22. The largest absolute Gasteiger partial charge is 0.448 e. The smallest absolute Gasteiger partial charge is 0.193 e. The first-order valence-electron chi connectivity index (χ1n) is 5.15. The summed E-state index contributed by atoms with van der Waals surface area (Å²) in [7, 11) is 0. The maximum atomic E-state index is 13.0. The zero-order valence-corrected chi connectivity index (χ0v) is 9.75. The van der Waals surface area contributed by atoms with Gasteiger partial charge >= 0.3 is 0 Å². The second-order valence-corrected chi connectivity index (χ2v) is 4.07. The van der Waals surface area contributed by atoms with Crippen LogP contribution in [0.3, 0.4) is 0 Å². The molecule has 1 heterocycles. The lowest BCUT2D eigenvalue weighted by molar-refractivity contribution is 0.416. The van der Waals surface area contributed by atoms with Crippen molar-refractivity contribution in [3.8, 4) is 0 Å². The van der Waals surface area contributed by atoms with Crippen LogP contribution in [-0.4, -0.2) is 0 Å². The fourth-order valence-corrected chi connectivity index (χ4v) is 1.81. The molecule has 3 nitrogen and oxygen atoms in total. The monoisotopic (exact) mass is 254 g/mol. The normalized spacial score (nSPS) is 12.6. The highest BCUT2D eigenvalue weighted by molar-refractivity contribution is 6.28. The van der Waals surface area contributed by atoms with Gasteiger partial charge in [0.05, 0.1) is 6.04 Å². The van der Waals surface area contributed by atoms with Crippen molar-refractivity contribution in [3.63, 3.8) is 0 Å². The molecule has 0 spiro atoms. The Balaban J connectivity index is 2.15. The molecule has 90 valence electrons. The van der Waals surface area contributed by atoms with Crippen LogP contribution in [0.15, 0.2) is 40.8 Å². The van der Waals surface area contributed by atoms with Crippen LogP contribution in [0.4, 0.5) is 4.39 Å². The molecule has 1 atom stereocenters. The molecule has 0 aliphatic carbocycles. The minimum atomic E-state index is -0.268. The number of nitrogens with one attached hydrogen (secondary N) is 1. The minimum Gasteiger partial charge on any atom is -0.448 e. The van der Waals surface area contributed by atoms with Crippen LogP contribution in [0, 0.1) is 5.82 Å². The molecule has 1 aromatic heterocycles. The average molecular weight is 255 g/mol. The highest BCUT2D eigenvalue weighted by atomic mass is 35.5. The van der Waals surface area contributed by atoms with Gasteiger partial charge in [0.2, 0.25) is 0 Å². The molecular formula is C12H12ClFN2O. The lowest BCUT2D eigenvalue weighted by Gasteiger charge is -2.13. The van der Waals surface area contributed by atoms with Crippen molar-refractivity contribution in [2.24, 2.45) is 5.84 Å². The summed E-state index contributed by atoms with van der Waals surface area (Å²) in [5.74, 6) is 5.81. The predicted octanol–water partition coefficient (Wildman–Crippen LogP) is 2.82. The number of hydrogen-bond donors (Lipinski definition) is 2. The topological polar surface area (TPSA) is 51.2 Å². The van der Waals surface area contributed by atoms with E-state index in [1.807, 2.05) is 6.07 Å². The van der Waals surface area contributed by atoms with Crippen molar-refractivity contribution in [2.75, 3.05) is 0 Å². The summed E-state index contributed by atoms with van der Waals surface area (Å²) < 4.78 is 18.3. The van der Waals surface area contributed by atoms with Gasteiger partial charge in [0.1, 0.15) is 11.6 Å². The van der Waals surface area contributed by atoms with E-state index in [2.05, 4.69) is 5.43 Å². The Hall–Kier alpha value is -1.36. The van der Waals surface area contributed by atoms with E-state index >= 15 is 0 Å². The molecule has 5 heteroatoms. The second kappa shape index (κ2) is 5.31. The van der Waals surface area contributed by atoms with Crippen LogP contribution in [0.1, 0.15) is 17.4 Å². The molecule has 0 aliphatic heterocycles.